The van der Waals surface area contributed by atoms with Crippen molar-refractivity contribution in [2.24, 2.45) is 0 Å². The van der Waals surface area contributed by atoms with Crippen LogP contribution in [-0.2, 0) is 14.3 Å². The van der Waals surface area contributed by atoms with Gasteiger partial charge in [-0.3, -0.25) is 4.79 Å². The van der Waals surface area contributed by atoms with Gasteiger partial charge in [-0.1, -0.05) is 62.4 Å². The summed E-state index contributed by atoms with van der Waals surface area (Å²) in [5.74, 6) is -1.62. The molecule has 2 aliphatic rings. The molecule has 1 saturated carbocycles. The first-order chi connectivity index (χ1) is 15.4. The first-order valence-electron chi connectivity index (χ1n) is 11.0. The fraction of sp³-hybridized carbons (Fsp3) is 0.400. The quantitative estimate of drug-likeness (QED) is 0.584. The molecule has 7 heteroatoms. The lowest BCUT2D eigenvalue weighted by Crippen LogP contribution is -2.61. The van der Waals surface area contributed by atoms with Crippen LogP contribution in [0.2, 0.25) is 0 Å². The molecule has 168 valence electrons. The smallest absolute Gasteiger partial charge is 0.408 e. The summed E-state index contributed by atoms with van der Waals surface area (Å²) < 4.78 is 5.60. The second kappa shape index (κ2) is 8.30. The van der Waals surface area contributed by atoms with Crippen LogP contribution in [0.4, 0.5) is 4.79 Å². The first-order valence-corrected chi connectivity index (χ1v) is 11.0. The predicted molar refractivity (Wildman–Crippen MR) is 119 cm³/mol. The van der Waals surface area contributed by atoms with E-state index in [4.69, 9.17) is 4.74 Å². The Balaban J connectivity index is 1.46. The Morgan fingerprint density at radius 2 is 1.53 bits per heavy atom. The van der Waals surface area contributed by atoms with Crippen molar-refractivity contribution >= 4 is 18.0 Å². The Kier molecular flexibility index (Phi) is 5.67. The lowest BCUT2D eigenvalue weighted by molar-refractivity contribution is -0.144. The van der Waals surface area contributed by atoms with E-state index in [-0.39, 0.29) is 12.5 Å². The van der Waals surface area contributed by atoms with Gasteiger partial charge in [0, 0.05) is 5.92 Å². The van der Waals surface area contributed by atoms with Gasteiger partial charge in [0.2, 0.25) is 5.91 Å². The fourth-order valence-electron chi connectivity index (χ4n) is 4.49. The second-order valence-electron chi connectivity index (χ2n) is 8.58. The average molecular weight is 437 g/mol. The van der Waals surface area contributed by atoms with E-state index in [0.29, 0.717) is 25.7 Å². The minimum Gasteiger partial charge on any atom is -0.480 e. The average Bonchev–Trinajstić information content (AvgIpc) is 3.52. The molecule has 1 fully saturated rings. The largest absolute Gasteiger partial charge is 0.480 e. The van der Waals surface area contributed by atoms with Gasteiger partial charge in [-0.05, 0) is 47.9 Å². The molecule has 2 aromatic rings. The van der Waals surface area contributed by atoms with Gasteiger partial charge in [0.15, 0.2) is 0 Å². The van der Waals surface area contributed by atoms with E-state index in [0.717, 1.165) is 22.3 Å². The van der Waals surface area contributed by atoms with E-state index in [1.807, 2.05) is 36.4 Å². The number of carbonyl (C=O) groups is 3. The highest BCUT2D eigenvalue weighted by molar-refractivity contribution is 5.95. The maximum atomic E-state index is 13.0. The van der Waals surface area contributed by atoms with E-state index < -0.39 is 29.0 Å². The summed E-state index contributed by atoms with van der Waals surface area (Å²) in [4.78, 5) is 37.2. The molecular weight excluding hydrogens is 408 g/mol. The highest BCUT2D eigenvalue weighted by atomic mass is 16.5. The van der Waals surface area contributed by atoms with E-state index in [2.05, 4.69) is 22.8 Å². The molecule has 2 aliphatic carbocycles. The van der Waals surface area contributed by atoms with Crippen LogP contribution in [0, 0.1) is 0 Å². The zero-order valence-electron chi connectivity index (χ0n) is 18.3. The molecule has 0 unspecified atom stereocenters. The molecule has 0 aliphatic heterocycles. The second-order valence-corrected chi connectivity index (χ2v) is 8.58. The van der Waals surface area contributed by atoms with Crippen molar-refractivity contribution in [3.8, 4) is 11.1 Å². The summed E-state index contributed by atoms with van der Waals surface area (Å²) in [6, 6.07) is 16.1. The molecule has 0 heterocycles. The molecule has 2 amide bonds. The van der Waals surface area contributed by atoms with Crippen LogP contribution >= 0.6 is 0 Å². The third-order valence-corrected chi connectivity index (χ3v) is 6.84. The number of carbonyl (C=O) groups excluding carboxylic acids is 2. The zero-order chi connectivity index (χ0) is 22.9. The van der Waals surface area contributed by atoms with Crippen molar-refractivity contribution in [2.45, 2.75) is 56.5 Å². The molecule has 0 saturated heterocycles. The fourth-order valence-corrected chi connectivity index (χ4v) is 4.49. The Morgan fingerprint density at radius 1 is 1.00 bits per heavy atom. The summed E-state index contributed by atoms with van der Waals surface area (Å²) in [6.45, 7) is 3.71. The summed E-state index contributed by atoms with van der Waals surface area (Å²) in [5.41, 5.74) is 2.04. The highest BCUT2D eigenvalue weighted by Gasteiger charge is 2.54. The van der Waals surface area contributed by atoms with Crippen LogP contribution in [0.15, 0.2) is 48.5 Å². The first kappa shape index (κ1) is 21.9. The molecule has 0 bridgehead atoms. The Labute approximate surface area is 187 Å². The van der Waals surface area contributed by atoms with Crippen LogP contribution in [0.5, 0.6) is 0 Å². The molecule has 0 spiro atoms. The van der Waals surface area contributed by atoms with Gasteiger partial charge in [0.05, 0.1) is 0 Å². The minimum atomic E-state index is -1.23. The molecule has 3 N–H and O–H groups in total. The monoisotopic (exact) mass is 436 g/mol. The van der Waals surface area contributed by atoms with Gasteiger partial charge >= 0.3 is 12.1 Å². The van der Waals surface area contributed by atoms with Crippen molar-refractivity contribution in [3.05, 3.63) is 59.7 Å². The predicted octanol–water partition coefficient (Wildman–Crippen LogP) is 3.82. The summed E-state index contributed by atoms with van der Waals surface area (Å²) in [5, 5.41) is 14.7. The van der Waals surface area contributed by atoms with Gasteiger partial charge in [0.25, 0.3) is 0 Å². The number of rotatable bonds is 8. The van der Waals surface area contributed by atoms with Crippen LogP contribution < -0.4 is 10.6 Å². The number of carboxylic acid groups (broad SMARTS) is 1. The maximum absolute atomic E-state index is 13.0. The minimum absolute atomic E-state index is 0.0821. The topological polar surface area (TPSA) is 105 Å². The Morgan fingerprint density at radius 3 is 2.00 bits per heavy atom. The van der Waals surface area contributed by atoms with Gasteiger partial charge in [0.1, 0.15) is 17.7 Å². The summed E-state index contributed by atoms with van der Waals surface area (Å²) >= 11 is 0. The number of amides is 2. The third-order valence-electron chi connectivity index (χ3n) is 6.84. The number of benzene rings is 2. The number of hydrogen-bond donors (Lipinski definition) is 3. The van der Waals surface area contributed by atoms with Crippen LogP contribution in [-0.4, -0.2) is 40.8 Å². The number of hydrogen-bond acceptors (Lipinski definition) is 4. The maximum Gasteiger partial charge on any atom is 0.408 e. The molecule has 32 heavy (non-hydrogen) atoms. The van der Waals surface area contributed by atoms with Gasteiger partial charge in [-0.15, -0.1) is 0 Å². The summed E-state index contributed by atoms with van der Waals surface area (Å²) in [7, 11) is 0. The molecule has 0 atom stereocenters. The highest BCUT2D eigenvalue weighted by Crippen LogP contribution is 2.44. The van der Waals surface area contributed by atoms with Crippen molar-refractivity contribution in [1.82, 2.24) is 10.6 Å². The number of alkyl carbamates (subject to hydrolysis) is 1. The van der Waals surface area contributed by atoms with Gasteiger partial charge in [-0.2, -0.15) is 0 Å². The van der Waals surface area contributed by atoms with Crippen molar-refractivity contribution < 1.29 is 24.2 Å². The molecular formula is C25H28N2O5. The number of carboxylic acids is 1. The molecule has 2 aromatic carbocycles. The Bertz CT molecular complexity index is 1010. The normalized spacial score (nSPS) is 15.9. The number of ether oxygens (including phenoxy) is 1. The molecule has 0 radical (unpaired) electrons. The van der Waals surface area contributed by atoms with Crippen molar-refractivity contribution in [2.75, 3.05) is 6.61 Å². The third kappa shape index (κ3) is 3.72. The summed E-state index contributed by atoms with van der Waals surface area (Å²) in [6.07, 6.45) is 0.723. The van der Waals surface area contributed by atoms with E-state index in [1.54, 1.807) is 13.8 Å². The molecule has 4 rings (SSSR count). The number of nitrogens with one attached hydrogen (secondary N) is 2. The molecule has 7 nitrogen and oxygen atoms in total. The van der Waals surface area contributed by atoms with Crippen LogP contribution in [0.25, 0.3) is 11.1 Å². The SMILES string of the molecule is CCC(CC)(NC(=O)OCC1c2ccccc2-c2ccccc21)C(=O)NC1(C(=O)O)CC1. The molecule has 0 aromatic heterocycles. The van der Waals surface area contributed by atoms with Crippen molar-refractivity contribution in [1.29, 1.82) is 0 Å². The van der Waals surface area contributed by atoms with Crippen molar-refractivity contribution in [3.63, 3.8) is 0 Å². The van der Waals surface area contributed by atoms with E-state index in [9.17, 15) is 19.5 Å². The van der Waals surface area contributed by atoms with Gasteiger partial charge < -0.3 is 20.5 Å². The zero-order valence-corrected chi connectivity index (χ0v) is 18.3. The van der Waals surface area contributed by atoms with Crippen LogP contribution in [0.3, 0.4) is 0 Å². The van der Waals surface area contributed by atoms with Gasteiger partial charge in [-0.25, -0.2) is 9.59 Å². The van der Waals surface area contributed by atoms with E-state index >= 15 is 0 Å². The lowest BCUT2D eigenvalue weighted by atomic mass is 9.91. The number of aliphatic carboxylic acids is 1. The lowest BCUT2D eigenvalue weighted by Gasteiger charge is -2.32. The van der Waals surface area contributed by atoms with Crippen LogP contribution in [0.1, 0.15) is 56.6 Å². The van der Waals surface area contributed by atoms with E-state index in [1.165, 1.54) is 0 Å². The standard InChI is InChI=1S/C25H28N2O5/c1-3-24(4-2,21(28)26-25(13-14-25)22(29)30)27-23(31)32-15-20-18-11-7-5-9-16(18)17-10-6-8-12-19(17)20/h5-12,20H,3-4,13-15H2,1-2H3,(H,26,28)(H,27,31)(H,29,30). The number of fused-ring (bicyclic) bond motifs is 3. The Hall–Kier alpha value is -3.35.